The third-order valence-corrected chi connectivity index (χ3v) is 0.761. The summed E-state index contributed by atoms with van der Waals surface area (Å²) >= 11 is 0. The Bertz CT molecular complexity index is 132. The summed E-state index contributed by atoms with van der Waals surface area (Å²) in [6.07, 6.45) is 1.98. The Morgan fingerprint density at radius 3 is 3.00 bits per heavy atom. The topological polar surface area (TPSA) is 26.3 Å². The van der Waals surface area contributed by atoms with Crippen LogP contribution in [0.4, 0.5) is 0 Å². The molecule has 0 radical (unpaired) electrons. The van der Waals surface area contributed by atoms with Crippen molar-refractivity contribution in [3.63, 3.8) is 0 Å². The van der Waals surface area contributed by atoms with Gasteiger partial charge in [0, 0.05) is 6.42 Å². The van der Waals surface area contributed by atoms with E-state index in [-0.39, 0.29) is 12.6 Å². The van der Waals surface area contributed by atoms with E-state index in [9.17, 15) is 4.79 Å². The average molecular weight is 126 g/mol. The highest BCUT2D eigenvalue weighted by Crippen LogP contribution is 1.82. The van der Waals surface area contributed by atoms with Crippen molar-refractivity contribution >= 4 is 5.97 Å². The van der Waals surface area contributed by atoms with Gasteiger partial charge in [0.15, 0.2) is 0 Å². The number of ether oxygens (including phenoxy) is 1. The van der Waals surface area contributed by atoms with E-state index in [1.807, 2.05) is 0 Å². The number of carbonyl (C=O) groups excluding carboxylic acids is 1. The van der Waals surface area contributed by atoms with Crippen molar-refractivity contribution in [2.45, 2.75) is 13.3 Å². The van der Waals surface area contributed by atoms with Crippen molar-refractivity contribution in [2.24, 2.45) is 0 Å². The lowest BCUT2D eigenvalue weighted by Gasteiger charge is -1.94. The first-order valence-corrected chi connectivity index (χ1v) is 2.81. The molecule has 0 aromatic heterocycles. The van der Waals surface area contributed by atoms with E-state index >= 15 is 0 Å². The average Bonchev–Trinajstić information content (AvgIpc) is 1.89. The predicted octanol–water partition coefficient (Wildman–Crippen LogP) is 1.28. The Kier molecular flexibility index (Phi) is 4.56. The molecule has 0 rings (SSSR count). The molecule has 0 N–H and O–H groups in total. The molecule has 2 nitrogen and oxygen atoms in total. The summed E-state index contributed by atoms with van der Waals surface area (Å²) in [6, 6.07) is 0. The zero-order chi connectivity index (χ0) is 7.11. The van der Waals surface area contributed by atoms with Crippen LogP contribution in [0.5, 0.6) is 0 Å². The van der Waals surface area contributed by atoms with Gasteiger partial charge in [0.05, 0.1) is 0 Å². The number of hydrogen-bond donors (Lipinski definition) is 0. The van der Waals surface area contributed by atoms with Crippen molar-refractivity contribution in [1.29, 1.82) is 0 Å². The first-order chi connectivity index (χ1) is 4.31. The maximum atomic E-state index is 10.4. The molecule has 0 aliphatic rings. The van der Waals surface area contributed by atoms with Gasteiger partial charge in [0.1, 0.15) is 6.61 Å². The number of hydrogen-bond acceptors (Lipinski definition) is 2. The van der Waals surface area contributed by atoms with E-state index in [4.69, 9.17) is 0 Å². The molecule has 2 heteroatoms. The van der Waals surface area contributed by atoms with Crippen LogP contribution in [-0.4, -0.2) is 12.6 Å². The summed E-state index contributed by atoms with van der Waals surface area (Å²) in [4.78, 5) is 10.4. The smallest absolute Gasteiger partial charge is 0.305 e. The zero-order valence-electron chi connectivity index (χ0n) is 5.52. The molecule has 9 heavy (non-hydrogen) atoms. The summed E-state index contributed by atoms with van der Waals surface area (Å²) in [5.74, 6) is -0.193. The molecular weight excluding hydrogens is 116 g/mol. The van der Waals surface area contributed by atoms with Crippen molar-refractivity contribution in [1.82, 2.24) is 0 Å². The molecule has 0 heterocycles. The van der Waals surface area contributed by atoms with Crippen LogP contribution in [0.2, 0.25) is 0 Å². The molecule has 0 unspecified atom stereocenters. The summed E-state index contributed by atoms with van der Waals surface area (Å²) in [5, 5.41) is 0. The Morgan fingerprint density at radius 2 is 2.56 bits per heavy atom. The molecule has 0 aliphatic heterocycles. The third-order valence-electron chi connectivity index (χ3n) is 0.761. The molecule has 0 spiro atoms. The fourth-order valence-corrected chi connectivity index (χ4v) is 0.296. The van der Waals surface area contributed by atoms with Crippen molar-refractivity contribution in [3.05, 3.63) is 18.4 Å². The SMILES string of the molecule is C=C=CCOC(=O)CC. The maximum Gasteiger partial charge on any atom is 0.305 e. The van der Waals surface area contributed by atoms with E-state index in [1.165, 1.54) is 0 Å². The van der Waals surface area contributed by atoms with Crippen LogP contribution < -0.4 is 0 Å². The minimum absolute atomic E-state index is 0.193. The van der Waals surface area contributed by atoms with Gasteiger partial charge >= 0.3 is 5.97 Å². The summed E-state index contributed by atoms with van der Waals surface area (Å²) in [7, 11) is 0. The second-order valence-electron chi connectivity index (χ2n) is 1.44. The van der Waals surface area contributed by atoms with Gasteiger partial charge < -0.3 is 4.74 Å². The van der Waals surface area contributed by atoms with Crippen molar-refractivity contribution in [3.8, 4) is 0 Å². The molecule has 0 aromatic rings. The first-order valence-electron chi connectivity index (χ1n) is 2.81. The molecule has 0 atom stereocenters. The Morgan fingerprint density at radius 1 is 1.89 bits per heavy atom. The van der Waals surface area contributed by atoms with Gasteiger partial charge in [0.25, 0.3) is 0 Å². The normalized spacial score (nSPS) is 7.67. The summed E-state index contributed by atoms with van der Waals surface area (Å²) in [6.45, 7) is 5.35. The van der Waals surface area contributed by atoms with Gasteiger partial charge in [-0.2, -0.15) is 0 Å². The van der Waals surface area contributed by atoms with Crippen molar-refractivity contribution < 1.29 is 9.53 Å². The summed E-state index contributed by atoms with van der Waals surface area (Å²) < 4.78 is 4.63. The van der Waals surface area contributed by atoms with Crippen LogP contribution in [0.25, 0.3) is 0 Å². The van der Waals surface area contributed by atoms with Gasteiger partial charge in [-0.3, -0.25) is 4.79 Å². The van der Waals surface area contributed by atoms with Crippen LogP contribution >= 0.6 is 0 Å². The lowest BCUT2D eigenvalue weighted by Crippen LogP contribution is -2.01. The van der Waals surface area contributed by atoms with Gasteiger partial charge in [-0.1, -0.05) is 13.5 Å². The van der Waals surface area contributed by atoms with Gasteiger partial charge in [-0.05, 0) is 6.08 Å². The van der Waals surface area contributed by atoms with Crippen LogP contribution in [0.1, 0.15) is 13.3 Å². The second-order valence-corrected chi connectivity index (χ2v) is 1.44. The van der Waals surface area contributed by atoms with Gasteiger partial charge in [-0.25, -0.2) is 0 Å². The highest BCUT2D eigenvalue weighted by molar-refractivity contribution is 5.68. The fraction of sp³-hybridized carbons (Fsp3) is 0.429. The second kappa shape index (κ2) is 5.13. The monoisotopic (exact) mass is 126 g/mol. The molecule has 0 saturated carbocycles. The highest BCUT2D eigenvalue weighted by atomic mass is 16.5. The van der Waals surface area contributed by atoms with Crippen LogP contribution in [-0.2, 0) is 9.53 Å². The zero-order valence-corrected chi connectivity index (χ0v) is 5.52. The number of rotatable bonds is 3. The minimum Gasteiger partial charge on any atom is -0.461 e. The van der Waals surface area contributed by atoms with E-state index in [1.54, 1.807) is 13.0 Å². The molecule has 0 bridgehead atoms. The molecule has 0 aromatic carbocycles. The molecule has 0 aliphatic carbocycles. The quantitative estimate of drug-likeness (QED) is 0.420. The van der Waals surface area contributed by atoms with Crippen molar-refractivity contribution in [2.75, 3.05) is 6.61 Å². The lowest BCUT2D eigenvalue weighted by molar-refractivity contribution is -0.141. The van der Waals surface area contributed by atoms with E-state index < -0.39 is 0 Å². The largest absolute Gasteiger partial charge is 0.461 e. The summed E-state index contributed by atoms with van der Waals surface area (Å²) in [5.41, 5.74) is 2.49. The van der Waals surface area contributed by atoms with E-state index in [2.05, 4.69) is 17.0 Å². The Hall–Kier alpha value is -1.01. The maximum absolute atomic E-state index is 10.4. The molecule has 0 fully saturated rings. The van der Waals surface area contributed by atoms with E-state index in [0.29, 0.717) is 6.42 Å². The van der Waals surface area contributed by atoms with Crippen LogP contribution in [0, 0.1) is 0 Å². The molecule has 50 valence electrons. The van der Waals surface area contributed by atoms with Crippen LogP contribution in [0.3, 0.4) is 0 Å². The Labute approximate surface area is 54.8 Å². The van der Waals surface area contributed by atoms with Gasteiger partial charge in [0.2, 0.25) is 0 Å². The highest BCUT2D eigenvalue weighted by Gasteiger charge is 1.92. The Balaban J connectivity index is 3.27. The molecule has 0 saturated heterocycles. The minimum atomic E-state index is -0.193. The third kappa shape index (κ3) is 4.85. The predicted molar refractivity (Wildman–Crippen MR) is 35.0 cm³/mol. The number of esters is 1. The standard InChI is InChI=1S/C7H10O2/c1-3-5-6-9-7(8)4-2/h5H,1,4,6H2,2H3. The van der Waals surface area contributed by atoms with E-state index in [0.717, 1.165) is 0 Å². The number of carbonyl (C=O) groups is 1. The lowest BCUT2D eigenvalue weighted by atomic mass is 10.5. The van der Waals surface area contributed by atoms with Gasteiger partial charge in [-0.15, -0.1) is 5.73 Å². The van der Waals surface area contributed by atoms with Crippen LogP contribution in [0.15, 0.2) is 18.4 Å². The molecule has 0 amide bonds. The first kappa shape index (κ1) is 7.99. The fourth-order valence-electron chi connectivity index (χ4n) is 0.296. The molecular formula is C7H10O2.